The molecule has 0 radical (unpaired) electrons. The fourth-order valence-corrected chi connectivity index (χ4v) is 2.24. The second kappa shape index (κ2) is 5.45. The molecule has 0 spiro atoms. The lowest BCUT2D eigenvalue weighted by Gasteiger charge is -2.37. The van der Waals surface area contributed by atoms with Gasteiger partial charge in [0.2, 0.25) is 0 Å². The zero-order valence-corrected chi connectivity index (χ0v) is 13.2. The number of hydrogen-bond acceptors (Lipinski definition) is 2. The Hall–Kier alpha value is -0.800. The monoisotopic (exact) mass is 284 g/mol. The molecule has 18 heavy (non-hydrogen) atoms. The molecule has 100 valence electrons. The number of nitrogens with zero attached hydrogens (tertiary/aromatic N) is 1. The summed E-state index contributed by atoms with van der Waals surface area (Å²) in [5.74, 6) is 0. The minimum atomic E-state index is 0.197. The predicted octanol–water partition coefficient (Wildman–Crippen LogP) is 3.85. The van der Waals surface area contributed by atoms with E-state index in [1.54, 1.807) is 0 Å². The van der Waals surface area contributed by atoms with E-state index in [0.29, 0.717) is 16.1 Å². The third kappa shape index (κ3) is 3.36. The summed E-state index contributed by atoms with van der Waals surface area (Å²) in [5, 5.41) is 0.605. The Balaban J connectivity index is 3.05. The third-order valence-electron chi connectivity index (χ3n) is 3.46. The van der Waals surface area contributed by atoms with Gasteiger partial charge in [-0.1, -0.05) is 44.6 Å². The number of thiocarbonyl (C=S) groups is 1. The van der Waals surface area contributed by atoms with Crippen molar-refractivity contribution in [1.29, 1.82) is 0 Å². The van der Waals surface area contributed by atoms with Crippen LogP contribution in [0.5, 0.6) is 0 Å². The lowest BCUT2D eigenvalue weighted by Crippen LogP contribution is -2.39. The van der Waals surface area contributed by atoms with Crippen LogP contribution in [0.2, 0.25) is 5.02 Å². The van der Waals surface area contributed by atoms with Crippen LogP contribution in [0.4, 0.5) is 5.69 Å². The van der Waals surface area contributed by atoms with Crippen LogP contribution in [-0.4, -0.2) is 18.1 Å². The van der Waals surface area contributed by atoms with Crippen molar-refractivity contribution in [1.82, 2.24) is 0 Å². The van der Waals surface area contributed by atoms with E-state index in [2.05, 4.69) is 39.6 Å². The lowest BCUT2D eigenvalue weighted by molar-refractivity contribution is 0.330. The largest absolute Gasteiger partial charge is 0.389 e. The quantitative estimate of drug-likeness (QED) is 0.855. The summed E-state index contributed by atoms with van der Waals surface area (Å²) in [6.07, 6.45) is 0. The van der Waals surface area contributed by atoms with E-state index < -0.39 is 0 Å². The summed E-state index contributed by atoms with van der Waals surface area (Å²) in [6, 6.07) is 6.19. The molecule has 0 aliphatic rings. The average molecular weight is 285 g/mol. The molecule has 0 fully saturated rings. The Morgan fingerprint density at radius 2 is 1.94 bits per heavy atom. The van der Waals surface area contributed by atoms with Crippen molar-refractivity contribution in [2.24, 2.45) is 11.1 Å². The summed E-state index contributed by atoms with van der Waals surface area (Å²) < 4.78 is 0. The molecule has 1 unspecified atom stereocenters. The number of halogens is 1. The van der Waals surface area contributed by atoms with Gasteiger partial charge in [-0.3, -0.25) is 0 Å². The van der Waals surface area contributed by atoms with E-state index in [1.165, 1.54) is 0 Å². The highest BCUT2D eigenvalue weighted by molar-refractivity contribution is 7.80. The minimum Gasteiger partial charge on any atom is -0.389 e. The first-order valence-corrected chi connectivity index (χ1v) is 6.75. The molecule has 2 nitrogen and oxygen atoms in total. The molecule has 1 atom stereocenters. The van der Waals surface area contributed by atoms with Crippen LogP contribution < -0.4 is 10.6 Å². The number of nitrogens with two attached hydrogens (primary N) is 1. The van der Waals surface area contributed by atoms with Gasteiger partial charge in [-0.05, 0) is 30.5 Å². The average Bonchev–Trinajstić information content (AvgIpc) is 2.25. The van der Waals surface area contributed by atoms with Gasteiger partial charge in [0.25, 0.3) is 0 Å². The SMILES string of the molecule is CC(N(C)c1ccc(C(N)=S)c(Cl)c1)C(C)(C)C. The Bertz CT molecular complexity index is 452. The molecule has 0 bridgehead atoms. The van der Waals surface area contributed by atoms with Crippen LogP contribution in [-0.2, 0) is 0 Å². The second-order valence-corrected chi connectivity index (χ2v) is 6.53. The predicted molar refractivity (Wildman–Crippen MR) is 84.7 cm³/mol. The Morgan fingerprint density at radius 1 is 1.39 bits per heavy atom. The molecule has 0 aliphatic carbocycles. The molecule has 0 saturated heterocycles. The van der Waals surface area contributed by atoms with Crippen molar-refractivity contribution in [3.8, 4) is 0 Å². The van der Waals surface area contributed by atoms with Gasteiger partial charge in [-0.25, -0.2) is 0 Å². The molecule has 4 heteroatoms. The zero-order chi connectivity index (χ0) is 14.1. The highest BCUT2D eigenvalue weighted by Gasteiger charge is 2.24. The fraction of sp³-hybridized carbons (Fsp3) is 0.500. The van der Waals surface area contributed by atoms with Crippen molar-refractivity contribution in [3.63, 3.8) is 0 Å². The third-order valence-corrected chi connectivity index (χ3v) is 3.99. The van der Waals surface area contributed by atoms with Crippen LogP contribution in [0, 0.1) is 5.41 Å². The van der Waals surface area contributed by atoms with Crippen LogP contribution >= 0.6 is 23.8 Å². The Kier molecular flexibility index (Phi) is 4.62. The maximum Gasteiger partial charge on any atom is 0.105 e. The van der Waals surface area contributed by atoms with Gasteiger partial charge >= 0.3 is 0 Å². The highest BCUT2D eigenvalue weighted by Crippen LogP contribution is 2.29. The van der Waals surface area contributed by atoms with Crippen molar-refractivity contribution in [3.05, 3.63) is 28.8 Å². The Morgan fingerprint density at radius 3 is 2.33 bits per heavy atom. The summed E-state index contributed by atoms with van der Waals surface area (Å²) in [4.78, 5) is 2.55. The van der Waals surface area contributed by atoms with Gasteiger partial charge < -0.3 is 10.6 Å². The van der Waals surface area contributed by atoms with Gasteiger partial charge in [-0.15, -0.1) is 0 Å². The molecule has 0 saturated carbocycles. The standard InChI is InChI=1S/C14H21ClN2S/c1-9(14(2,3)4)17(5)10-6-7-11(13(16)18)12(15)8-10/h6-9H,1-5H3,(H2,16,18). The molecular formula is C14H21ClN2S. The first kappa shape index (κ1) is 15.3. The molecule has 0 heterocycles. The molecule has 2 N–H and O–H groups in total. The van der Waals surface area contributed by atoms with E-state index in [-0.39, 0.29) is 5.41 Å². The molecule has 0 aromatic heterocycles. The highest BCUT2D eigenvalue weighted by atomic mass is 35.5. The zero-order valence-electron chi connectivity index (χ0n) is 11.6. The molecule has 1 aromatic rings. The first-order valence-electron chi connectivity index (χ1n) is 5.96. The van der Waals surface area contributed by atoms with Crippen LogP contribution in [0.3, 0.4) is 0 Å². The molecule has 0 amide bonds. The van der Waals surface area contributed by atoms with Gasteiger partial charge in [-0.2, -0.15) is 0 Å². The lowest BCUT2D eigenvalue weighted by atomic mass is 9.87. The first-order chi connectivity index (χ1) is 8.14. The van der Waals surface area contributed by atoms with Gasteiger partial charge in [0.15, 0.2) is 0 Å². The van der Waals surface area contributed by atoms with Gasteiger partial charge in [0.1, 0.15) is 4.99 Å². The summed E-state index contributed by atoms with van der Waals surface area (Å²) >= 11 is 11.1. The smallest absolute Gasteiger partial charge is 0.105 e. The molecule has 1 aromatic carbocycles. The van der Waals surface area contributed by atoms with Gasteiger partial charge in [0.05, 0.1) is 5.02 Å². The Labute approximate surface area is 120 Å². The number of benzene rings is 1. The normalized spacial score (nSPS) is 13.2. The summed E-state index contributed by atoms with van der Waals surface area (Å²) in [6.45, 7) is 8.87. The van der Waals surface area contributed by atoms with E-state index in [0.717, 1.165) is 11.3 Å². The number of rotatable bonds is 3. The molecule has 1 rings (SSSR count). The van der Waals surface area contributed by atoms with Crippen LogP contribution in [0.1, 0.15) is 33.3 Å². The number of hydrogen-bond donors (Lipinski definition) is 1. The summed E-state index contributed by atoms with van der Waals surface area (Å²) in [7, 11) is 2.07. The topological polar surface area (TPSA) is 29.3 Å². The van der Waals surface area contributed by atoms with Crippen LogP contribution in [0.25, 0.3) is 0 Å². The maximum absolute atomic E-state index is 6.19. The van der Waals surface area contributed by atoms with Crippen LogP contribution in [0.15, 0.2) is 18.2 Å². The van der Waals surface area contributed by atoms with Crippen molar-refractivity contribution < 1.29 is 0 Å². The summed E-state index contributed by atoms with van der Waals surface area (Å²) in [5.41, 5.74) is 7.60. The molecule has 0 aliphatic heterocycles. The fourth-order valence-electron chi connectivity index (χ4n) is 1.73. The van der Waals surface area contributed by atoms with Crippen molar-refractivity contribution in [2.75, 3.05) is 11.9 Å². The van der Waals surface area contributed by atoms with Crippen molar-refractivity contribution in [2.45, 2.75) is 33.7 Å². The second-order valence-electron chi connectivity index (χ2n) is 5.68. The maximum atomic E-state index is 6.19. The van der Waals surface area contributed by atoms with E-state index >= 15 is 0 Å². The van der Waals surface area contributed by atoms with Crippen molar-refractivity contribution >= 4 is 34.5 Å². The number of anilines is 1. The van der Waals surface area contributed by atoms with E-state index in [1.807, 2.05) is 18.2 Å². The van der Waals surface area contributed by atoms with E-state index in [9.17, 15) is 0 Å². The van der Waals surface area contributed by atoms with Gasteiger partial charge in [0, 0.05) is 24.3 Å². The van der Waals surface area contributed by atoms with E-state index in [4.69, 9.17) is 29.6 Å². The minimum absolute atomic E-state index is 0.197. The molecular weight excluding hydrogens is 264 g/mol.